The lowest BCUT2D eigenvalue weighted by Gasteiger charge is -1.93. The Morgan fingerprint density at radius 2 is 2.23 bits per heavy atom. The van der Waals surface area contributed by atoms with Gasteiger partial charge in [0.2, 0.25) is 0 Å². The van der Waals surface area contributed by atoms with E-state index in [-0.39, 0.29) is 18.2 Å². The van der Waals surface area contributed by atoms with Gasteiger partial charge in [0, 0.05) is 12.4 Å². The Bertz CT molecular complexity index is 435. The van der Waals surface area contributed by atoms with Crippen molar-refractivity contribution >= 4 is 23.8 Å². The zero-order valence-corrected chi connectivity index (χ0v) is 7.45. The standard InChI is InChI=1S/C7H7N5.ClH/c8-7(9)5-3-11-12-2-1-10-4-6(5)12;/h1-4H,(H3,8,9);1H. The Morgan fingerprint density at radius 3 is 2.92 bits per heavy atom. The van der Waals surface area contributed by atoms with Crippen LogP contribution in [0.1, 0.15) is 5.56 Å². The average Bonchev–Trinajstić information content (AvgIpc) is 2.47. The molecule has 6 heteroatoms. The molecule has 0 atom stereocenters. The van der Waals surface area contributed by atoms with Gasteiger partial charge >= 0.3 is 0 Å². The molecule has 0 aliphatic carbocycles. The smallest absolute Gasteiger partial charge is 0.126 e. The summed E-state index contributed by atoms with van der Waals surface area (Å²) in [6, 6.07) is 0. The number of nitrogens with zero attached hydrogens (tertiary/aromatic N) is 3. The van der Waals surface area contributed by atoms with Gasteiger partial charge in [-0.25, -0.2) is 4.52 Å². The number of nitrogens with two attached hydrogens (primary N) is 1. The number of amidine groups is 1. The van der Waals surface area contributed by atoms with E-state index in [1.165, 1.54) is 0 Å². The summed E-state index contributed by atoms with van der Waals surface area (Å²) in [6.07, 6.45) is 6.52. The molecule has 0 unspecified atom stereocenters. The van der Waals surface area contributed by atoms with Gasteiger partial charge in [0.05, 0.1) is 23.5 Å². The molecule has 2 rings (SSSR count). The van der Waals surface area contributed by atoms with Crippen LogP contribution in [0.5, 0.6) is 0 Å². The first-order chi connectivity index (χ1) is 5.79. The number of fused-ring (bicyclic) bond motifs is 1. The molecule has 13 heavy (non-hydrogen) atoms. The molecular formula is C7H8ClN5. The maximum Gasteiger partial charge on any atom is 0.126 e. The van der Waals surface area contributed by atoms with Crippen molar-refractivity contribution in [2.24, 2.45) is 5.73 Å². The topological polar surface area (TPSA) is 80.1 Å². The zero-order valence-electron chi connectivity index (χ0n) is 6.64. The average molecular weight is 198 g/mol. The SMILES string of the molecule is Cl.N=C(N)c1cnn2ccncc12. The second-order valence-electron chi connectivity index (χ2n) is 2.38. The van der Waals surface area contributed by atoms with Crippen molar-refractivity contribution in [3.8, 4) is 0 Å². The highest BCUT2D eigenvalue weighted by Crippen LogP contribution is 2.06. The van der Waals surface area contributed by atoms with Crippen LogP contribution in [0.4, 0.5) is 0 Å². The molecule has 0 spiro atoms. The lowest BCUT2D eigenvalue weighted by Crippen LogP contribution is -2.10. The van der Waals surface area contributed by atoms with Gasteiger partial charge < -0.3 is 5.73 Å². The van der Waals surface area contributed by atoms with Crippen LogP contribution in [0.2, 0.25) is 0 Å². The van der Waals surface area contributed by atoms with Gasteiger partial charge in [0.15, 0.2) is 0 Å². The summed E-state index contributed by atoms with van der Waals surface area (Å²) in [5.41, 5.74) is 6.70. The maximum absolute atomic E-state index is 7.23. The second kappa shape index (κ2) is 3.40. The van der Waals surface area contributed by atoms with Crippen LogP contribution in [-0.2, 0) is 0 Å². The number of hydrogen-bond acceptors (Lipinski definition) is 3. The number of rotatable bonds is 1. The number of hydrogen-bond donors (Lipinski definition) is 2. The lowest BCUT2D eigenvalue weighted by atomic mass is 10.3. The molecule has 2 heterocycles. The van der Waals surface area contributed by atoms with E-state index in [2.05, 4.69) is 10.1 Å². The predicted octanol–water partition coefficient (Wildman–Crippen LogP) is 0.435. The molecule has 0 saturated heterocycles. The fourth-order valence-corrected chi connectivity index (χ4v) is 1.04. The minimum absolute atomic E-state index is 0. The first-order valence-corrected chi connectivity index (χ1v) is 3.41. The molecule has 0 amide bonds. The lowest BCUT2D eigenvalue weighted by molar-refractivity contribution is 0.946. The molecule has 2 aromatic rings. The van der Waals surface area contributed by atoms with E-state index in [1.807, 2.05) is 0 Å². The minimum Gasteiger partial charge on any atom is -0.384 e. The molecule has 2 aromatic heterocycles. The number of nitrogen functional groups attached to an aromatic ring is 1. The monoisotopic (exact) mass is 197 g/mol. The normalized spacial score (nSPS) is 9.54. The number of halogens is 1. The highest BCUT2D eigenvalue weighted by molar-refractivity contribution is 6.01. The summed E-state index contributed by atoms with van der Waals surface area (Å²) in [6.45, 7) is 0. The van der Waals surface area contributed by atoms with Crippen LogP contribution in [-0.4, -0.2) is 20.4 Å². The predicted molar refractivity (Wildman–Crippen MR) is 51.3 cm³/mol. The molecule has 0 bridgehead atoms. The Kier molecular flexibility index (Phi) is 2.48. The van der Waals surface area contributed by atoms with Gasteiger partial charge in [-0.15, -0.1) is 12.4 Å². The quantitative estimate of drug-likeness (QED) is 0.514. The van der Waals surface area contributed by atoms with E-state index < -0.39 is 0 Å². The Morgan fingerprint density at radius 1 is 1.46 bits per heavy atom. The summed E-state index contributed by atoms with van der Waals surface area (Å²) in [5.74, 6) is 0.0120. The van der Waals surface area contributed by atoms with E-state index in [4.69, 9.17) is 11.1 Å². The van der Waals surface area contributed by atoms with Crippen LogP contribution in [0.3, 0.4) is 0 Å². The highest BCUT2D eigenvalue weighted by atomic mass is 35.5. The van der Waals surface area contributed by atoms with Gasteiger partial charge in [0.25, 0.3) is 0 Å². The minimum atomic E-state index is 0. The van der Waals surface area contributed by atoms with Crippen LogP contribution >= 0.6 is 12.4 Å². The van der Waals surface area contributed by atoms with Crippen molar-refractivity contribution in [3.05, 3.63) is 30.4 Å². The van der Waals surface area contributed by atoms with E-state index in [1.54, 1.807) is 29.3 Å². The maximum atomic E-state index is 7.23. The number of aromatic nitrogens is 3. The molecule has 0 fully saturated rings. The van der Waals surface area contributed by atoms with Crippen LogP contribution in [0.25, 0.3) is 5.52 Å². The second-order valence-corrected chi connectivity index (χ2v) is 2.38. The van der Waals surface area contributed by atoms with Gasteiger partial charge in [-0.05, 0) is 0 Å². The highest BCUT2D eigenvalue weighted by Gasteiger charge is 2.04. The number of nitrogens with one attached hydrogen (secondary N) is 1. The molecule has 0 saturated carbocycles. The van der Waals surface area contributed by atoms with Crippen molar-refractivity contribution in [3.63, 3.8) is 0 Å². The Balaban J connectivity index is 0.000000845. The van der Waals surface area contributed by atoms with Gasteiger partial charge in [-0.3, -0.25) is 10.4 Å². The molecule has 0 aliphatic rings. The van der Waals surface area contributed by atoms with Gasteiger partial charge in [0.1, 0.15) is 5.84 Å². The summed E-state index contributed by atoms with van der Waals surface area (Å²) >= 11 is 0. The summed E-state index contributed by atoms with van der Waals surface area (Å²) in [7, 11) is 0. The molecule has 0 radical (unpaired) electrons. The Labute approximate surface area is 80.5 Å². The van der Waals surface area contributed by atoms with E-state index in [0.29, 0.717) is 5.56 Å². The van der Waals surface area contributed by atoms with Gasteiger partial charge in [-0.1, -0.05) is 0 Å². The molecular weight excluding hydrogens is 190 g/mol. The van der Waals surface area contributed by atoms with Gasteiger partial charge in [-0.2, -0.15) is 5.10 Å². The molecule has 0 aliphatic heterocycles. The zero-order chi connectivity index (χ0) is 8.55. The summed E-state index contributed by atoms with van der Waals surface area (Å²) in [4.78, 5) is 3.92. The molecule has 5 nitrogen and oxygen atoms in total. The molecule has 0 aromatic carbocycles. The van der Waals surface area contributed by atoms with Crippen molar-refractivity contribution in [2.75, 3.05) is 0 Å². The van der Waals surface area contributed by atoms with E-state index in [0.717, 1.165) is 5.52 Å². The van der Waals surface area contributed by atoms with E-state index in [9.17, 15) is 0 Å². The third-order valence-corrected chi connectivity index (χ3v) is 1.61. The van der Waals surface area contributed by atoms with Crippen molar-refractivity contribution < 1.29 is 0 Å². The van der Waals surface area contributed by atoms with Crippen LogP contribution < -0.4 is 5.73 Å². The summed E-state index contributed by atoms with van der Waals surface area (Å²) in [5, 5.41) is 11.2. The Hall–Kier alpha value is -1.62. The van der Waals surface area contributed by atoms with Crippen LogP contribution in [0.15, 0.2) is 24.8 Å². The van der Waals surface area contributed by atoms with Crippen LogP contribution in [0, 0.1) is 5.41 Å². The fourth-order valence-electron chi connectivity index (χ4n) is 1.04. The fraction of sp³-hybridized carbons (Fsp3) is 0. The molecule has 68 valence electrons. The van der Waals surface area contributed by atoms with Crippen molar-refractivity contribution in [2.45, 2.75) is 0 Å². The van der Waals surface area contributed by atoms with Crippen molar-refractivity contribution in [1.29, 1.82) is 5.41 Å². The largest absolute Gasteiger partial charge is 0.384 e. The molecule has 3 N–H and O–H groups in total. The first-order valence-electron chi connectivity index (χ1n) is 3.41. The third kappa shape index (κ3) is 1.46. The summed E-state index contributed by atoms with van der Waals surface area (Å²) < 4.78 is 1.63. The van der Waals surface area contributed by atoms with E-state index >= 15 is 0 Å². The van der Waals surface area contributed by atoms with Crippen molar-refractivity contribution in [1.82, 2.24) is 14.6 Å². The first kappa shape index (κ1) is 9.47. The third-order valence-electron chi connectivity index (χ3n) is 1.61.